The van der Waals surface area contributed by atoms with E-state index in [4.69, 9.17) is 19.2 Å². The molecule has 0 fully saturated rings. The summed E-state index contributed by atoms with van der Waals surface area (Å²) >= 11 is 0. The molecule has 0 aromatic rings. The normalized spacial score (nSPS) is 8.43. The number of hydrogen-bond donors (Lipinski definition) is 3. The SMILES string of the molecule is O=P(O)(O)O.[K].[Mg]. The first kappa shape index (κ1) is 16.3. The van der Waals surface area contributed by atoms with Crippen LogP contribution in [0.4, 0.5) is 0 Å². The fourth-order valence-electron chi connectivity index (χ4n) is 0. The number of rotatable bonds is 0. The van der Waals surface area contributed by atoms with E-state index in [0.717, 1.165) is 0 Å². The monoisotopic (exact) mass is 161 g/mol. The van der Waals surface area contributed by atoms with Crippen LogP contribution in [-0.2, 0) is 4.57 Å². The molecule has 0 amide bonds. The Morgan fingerprint density at radius 2 is 1.14 bits per heavy atom. The van der Waals surface area contributed by atoms with E-state index in [1.165, 1.54) is 0 Å². The Morgan fingerprint density at radius 3 is 1.14 bits per heavy atom. The molecular weight excluding hydrogens is 158 g/mol. The van der Waals surface area contributed by atoms with Crippen LogP contribution in [0.1, 0.15) is 0 Å². The molecule has 0 aliphatic rings. The minimum Gasteiger partial charge on any atom is -0.303 e. The Bertz CT molecular complexity index is 57.8. The molecule has 0 atom stereocenters. The Hall–Kier alpha value is 2.51. The topological polar surface area (TPSA) is 77.8 Å². The molecule has 0 bridgehead atoms. The summed E-state index contributed by atoms with van der Waals surface area (Å²) in [6.45, 7) is 0. The van der Waals surface area contributed by atoms with E-state index in [0.29, 0.717) is 0 Å². The zero-order valence-corrected chi connectivity index (χ0v) is 9.34. The van der Waals surface area contributed by atoms with Crippen molar-refractivity contribution in [2.75, 3.05) is 0 Å². The molecule has 0 saturated carbocycles. The molecule has 0 spiro atoms. The van der Waals surface area contributed by atoms with Gasteiger partial charge >= 0.3 is 7.82 Å². The van der Waals surface area contributed by atoms with Crippen molar-refractivity contribution >= 4 is 82.3 Å². The summed E-state index contributed by atoms with van der Waals surface area (Å²) in [5.74, 6) is 0. The van der Waals surface area contributed by atoms with Crippen molar-refractivity contribution in [3.63, 3.8) is 0 Å². The van der Waals surface area contributed by atoms with Gasteiger partial charge in [0, 0.05) is 74.4 Å². The Morgan fingerprint density at radius 1 is 1.14 bits per heavy atom. The van der Waals surface area contributed by atoms with Crippen molar-refractivity contribution in [1.82, 2.24) is 0 Å². The molecule has 3 N–H and O–H groups in total. The van der Waals surface area contributed by atoms with Gasteiger partial charge in [-0.2, -0.15) is 0 Å². The van der Waals surface area contributed by atoms with Gasteiger partial charge in [0.1, 0.15) is 0 Å². The van der Waals surface area contributed by atoms with Gasteiger partial charge in [-0.25, -0.2) is 4.57 Å². The maximum Gasteiger partial charge on any atom is 0.466 e. The summed E-state index contributed by atoms with van der Waals surface area (Å²) < 4.78 is 8.88. The molecular formula is H3KMgO4P. The summed E-state index contributed by atoms with van der Waals surface area (Å²) in [5, 5.41) is 0. The van der Waals surface area contributed by atoms with E-state index >= 15 is 0 Å². The van der Waals surface area contributed by atoms with E-state index in [2.05, 4.69) is 0 Å². The second kappa shape index (κ2) is 6.63. The minimum atomic E-state index is -4.64. The van der Waals surface area contributed by atoms with Gasteiger partial charge in [-0.15, -0.1) is 0 Å². The number of phosphoric acid groups is 1. The average molecular weight is 161 g/mol. The van der Waals surface area contributed by atoms with Crippen molar-refractivity contribution in [3.8, 4) is 0 Å². The van der Waals surface area contributed by atoms with Crippen LogP contribution in [-0.4, -0.2) is 89.1 Å². The maximum absolute atomic E-state index is 8.88. The summed E-state index contributed by atoms with van der Waals surface area (Å²) in [5.41, 5.74) is 0. The maximum atomic E-state index is 8.88. The second-order valence-electron chi connectivity index (χ2n) is 0.513. The molecule has 0 rings (SSSR count). The molecule has 7 heavy (non-hydrogen) atoms. The molecule has 0 unspecified atom stereocenters. The first-order chi connectivity index (χ1) is 2.00. The molecule has 0 aromatic carbocycles. The molecule has 35 valence electrons. The van der Waals surface area contributed by atoms with Crippen LogP contribution in [0.2, 0.25) is 0 Å². The Balaban J connectivity index is -0.0000000800. The molecule has 7 heteroatoms. The Kier molecular flexibility index (Phi) is 15.4. The van der Waals surface area contributed by atoms with E-state index in [9.17, 15) is 0 Å². The molecule has 0 aliphatic heterocycles. The van der Waals surface area contributed by atoms with Gasteiger partial charge in [-0.3, -0.25) is 0 Å². The van der Waals surface area contributed by atoms with Crippen LogP contribution in [0.3, 0.4) is 0 Å². The van der Waals surface area contributed by atoms with E-state index in [1.807, 2.05) is 0 Å². The van der Waals surface area contributed by atoms with Crippen molar-refractivity contribution in [3.05, 3.63) is 0 Å². The average Bonchev–Trinajstić information content (AvgIpc) is 0.722. The zero-order valence-electron chi connectivity index (χ0n) is 3.90. The zero-order chi connectivity index (χ0) is 4.50. The van der Waals surface area contributed by atoms with Crippen LogP contribution >= 0.6 is 7.82 Å². The summed E-state index contributed by atoms with van der Waals surface area (Å²) in [6, 6.07) is 0. The second-order valence-corrected chi connectivity index (χ2v) is 1.54. The van der Waals surface area contributed by atoms with Gasteiger partial charge in [0.05, 0.1) is 0 Å². The van der Waals surface area contributed by atoms with Crippen molar-refractivity contribution in [2.24, 2.45) is 0 Å². The molecule has 0 heterocycles. The first-order valence-electron chi connectivity index (χ1n) is 0.783. The molecule has 0 aromatic heterocycles. The Labute approximate surface area is 99.5 Å². The van der Waals surface area contributed by atoms with Gasteiger partial charge in [0.15, 0.2) is 0 Å². The summed E-state index contributed by atoms with van der Waals surface area (Å²) in [4.78, 5) is 21.6. The van der Waals surface area contributed by atoms with Crippen LogP contribution in [0, 0.1) is 0 Å². The van der Waals surface area contributed by atoms with Crippen molar-refractivity contribution in [2.45, 2.75) is 0 Å². The van der Waals surface area contributed by atoms with Gasteiger partial charge < -0.3 is 14.7 Å². The third-order valence-corrected chi connectivity index (χ3v) is 0. The molecule has 3 radical (unpaired) electrons. The largest absolute Gasteiger partial charge is 0.466 e. The smallest absolute Gasteiger partial charge is 0.303 e. The van der Waals surface area contributed by atoms with E-state index < -0.39 is 7.82 Å². The quantitative estimate of drug-likeness (QED) is 0.293. The minimum absolute atomic E-state index is 0. The molecule has 0 aliphatic carbocycles. The van der Waals surface area contributed by atoms with Gasteiger partial charge in [-0.1, -0.05) is 0 Å². The third kappa shape index (κ3) is 57.2. The van der Waals surface area contributed by atoms with E-state index in [-0.39, 0.29) is 74.4 Å². The van der Waals surface area contributed by atoms with E-state index in [1.54, 1.807) is 0 Å². The molecule has 0 saturated heterocycles. The fourth-order valence-corrected chi connectivity index (χ4v) is 0. The van der Waals surface area contributed by atoms with Crippen LogP contribution in [0.15, 0.2) is 0 Å². The predicted octanol–water partition coefficient (Wildman–Crippen LogP) is -1.69. The van der Waals surface area contributed by atoms with Gasteiger partial charge in [0.2, 0.25) is 0 Å². The standard InChI is InChI=1S/K.Mg.H3O4P/c;;1-5(2,3)4/h;;(H3,1,2,3,4). The van der Waals surface area contributed by atoms with Crippen LogP contribution in [0.5, 0.6) is 0 Å². The number of hydrogen-bond acceptors (Lipinski definition) is 1. The predicted molar refractivity (Wildman–Crippen MR) is 25.8 cm³/mol. The fraction of sp³-hybridized carbons (Fsp3) is 0. The summed E-state index contributed by atoms with van der Waals surface area (Å²) in [7, 11) is -4.64. The molecule has 4 nitrogen and oxygen atoms in total. The van der Waals surface area contributed by atoms with Crippen LogP contribution < -0.4 is 0 Å². The first-order valence-corrected chi connectivity index (χ1v) is 2.35. The van der Waals surface area contributed by atoms with Crippen molar-refractivity contribution in [1.29, 1.82) is 0 Å². The summed E-state index contributed by atoms with van der Waals surface area (Å²) in [6.07, 6.45) is 0. The van der Waals surface area contributed by atoms with Gasteiger partial charge in [-0.05, 0) is 0 Å². The van der Waals surface area contributed by atoms with Crippen molar-refractivity contribution < 1.29 is 19.2 Å². The van der Waals surface area contributed by atoms with Crippen LogP contribution in [0.25, 0.3) is 0 Å². The van der Waals surface area contributed by atoms with Gasteiger partial charge in [0.25, 0.3) is 0 Å². The third-order valence-electron chi connectivity index (χ3n) is 0.